The zero-order chi connectivity index (χ0) is 71.5. The monoisotopic (exact) mass is 1370 g/mol. The lowest BCUT2D eigenvalue weighted by molar-refractivity contribution is -0.119. The molecule has 526 valence electrons. The molecule has 7 aromatic rings. The fraction of sp³-hybridized carbons (Fsp3) is 0.333. The van der Waals surface area contributed by atoms with Gasteiger partial charge in [-0.3, -0.25) is 28.9 Å². The molecule has 99 heavy (non-hydrogen) atoms. The van der Waals surface area contributed by atoms with Crippen molar-refractivity contribution in [3.63, 3.8) is 0 Å². The Balaban J connectivity index is 0.000000147. The number of anilines is 14. The minimum atomic E-state index is -3.35. The highest BCUT2D eigenvalue weighted by Crippen LogP contribution is 2.36. The third-order valence-corrected chi connectivity index (χ3v) is 18.7. The Hall–Kier alpha value is -10.9. The Labute approximate surface area is 581 Å². The number of carbonyl (C=O) groups excluding carboxylic acids is 6. The molecule has 0 bridgehead atoms. The number of hydrogen-bond acceptors (Lipinski definition) is 16. The summed E-state index contributed by atoms with van der Waals surface area (Å²) >= 11 is 0. The molecule has 0 aromatic heterocycles. The molecule has 13 N–H and O–H groups in total. The van der Waals surface area contributed by atoms with Crippen LogP contribution in [0.5, 0.6) is 0 Å². The van der Waals surface area contributed by atoms with E-state index < -0.39 is 10.2 Å². The molecule has 27 heteroatoms. The average molecular weight is 1370 g/mol. The first-order valence-corrected chi connectivity index (χ1v) is 34.4. The standard InChI is InChI=1S/C12H16N2O.C11H15N3O.C11H14N2O.2C10H13N3O.C10H12N2O.C8H11N3O2S/c1-3-14-11-6-4-5-10(13-2)9(11)7-8-12(14)15;1-3-14-10-6-4-5-9(12-2)8(10)7-13-11(14)15;1-12-9-4-3-5-10-8(9)6-7-11(14)13(10)2;1-11-8-4-3-5-9-7(8)6-13(2)10(14)12-9;1-11-8-4-3-5-9-7(8)6-12-10(14)13(9)2;1-11-8-2-3-10-7(4-8)5-9(13)6-12-10;1-9-7-3-2-4-8-6(7)5-10-14(12,13)11-8/h4-6,13H,3,7-8H2,1-2H3;4-6,12H,3,7H2,1-2H3,(H,13,15);3-5,12H,6-7H2,1-2H3;2*3-5,11H,6H2,1-2H3,(H,12,14);2-4,11-12H,5-6H2,1H3;2-4,9-11H,5H2,1H3. The van der Waals surface area contributed by atoms with Gasteiger partial charge in [0.15, 0.2) is 5.78 Å². The van der Waals surface area contributed by atoms with Gasteiger partial charge in [0.05, 0.1) is 30.2 Å². The SMILES string of the molecule is CCN1C(=O)CCc2c(NC)cccc21.CCN1C(=O)NCc2c(NC)cccc21.CNc1ccc2c(c1)CC(=O)CN2.CNc1cccc2c1CCC(=O)N2C.CNc1cccc2c1CN(C)C(=O)N2.CNc1cccc2c1CNC(=O)N2C.CNc1cccc2c1CNS(=O)(=O)N2. The van der Waals surface area contributed by atoms with Crippen molar-refractivity contribution in [2.75, 3.05) is 162 Å². The van der Waals surface area contributed by atoms with E-state index in [1.54, 1.807) is 52.9 Å². The van der Waals surface area contributed by atoms with Crippen molar-refractivity contribution >= 4 is 126 Å². The summed E-state index contributed by atoms with van der Waals surface area (Å²) in [6.45, 7) is 8.05. The van der Waals surface area contributed by atoms with E-state index in [-0.39, 0.29) is 35.7 Å². The van der Waals surface area contributed by atoms with Gasteiger partial charge in [-0.05, 0) is 134 Å². The molecular formula is C72H94N18O8S. The van der Waals surface area contributed by atoms with Crippen molar-refractivity contribution in [3.05, 3.63) is 166 Å². The number of hydrogen-bond donors (Lipinski definition) is 13. The Morgan fingerprint density at radius 3 is 1.43 bits per heavy atom. The van der Waals surface area contributed by atoms with Gasteiger partial charge in [0.1, 0.15) is 0 Å². The number of urea groups is 3. The van der Waals surface area contributed by atoms with Gasteiger partial charge >= 0.3 is 18.1 Å². The van der Waals surface area contributed by atoms with Gasteiger partial charge in [-0.25, -0.2) is 14.4 Å². The molecule has 26 nitrogen and oxygen atoms in total. The first-order valence-electron chi connectivity index (χ1n) is 32.9. The van der Waals surface area contributed by atoms with Crippen molar-refractivity contribution in [1.29, 1.82) is 0 Å². The van der Waals surface area contributed by atoms with E-state index in [2.05, 4.69) is 74.0 Å². The number of rotatable bonds is 9. The largest absolute Gasteiger partial charge is 0.388 e. The molecule has 7 heterocycles. The van der Waals surface area contributed by atoms with E-state index >= 15 is 0 Å². The Bertz CT molecular complexity index is 4040. The van der Waals surface area contributed by atoms with Crippen LogP contribution in [-0.4, -0.2) is 139 Å². The summed E-state index contributed by atoms with van der Waals surface area (Å²) in [5.41, 5.74) is 22.1. The van der Waals surface area contributed by atoms with Crippen LogP contribution < -0.4 is 87.5 Å². The lowest BCUT2D eigenvalue weighted by Gasteiger charge is -2.30. The van der Waals surface area contributed by atoms with E-state index in [1.807, 2.05) is 177 Å². The smallest absolute Gasteiger partial charge is 0.322 e. The second-order valence-electron chi connectivity index (χ2n) is 23.5. The van der Waals surface area contributed by atoms with Crippen LogP contribution in [0.3, 0.4) is 0 Å². The Morgan fingerprint density at radius 2 is 0.879 bits per heavy atom. The van der Waals surface area contributed by atoms with Gasteiger partial charge in [-0.15, -0.1) is 0 Å². The number of fused-ring (bicyclic) bond motifs is 7. The summed E-state index contributed by atoms with van der Waals surface area (Å²) in [7, 11) is 15.2. The van der Waals surface area contributed by atoms with Crippen LogP contribution in [-0.2, 0) is 70.0 Å². The minimum absolute atomic E-state index is 0.0155. The molecule has 0 radical (unpaired) electrons. The predicted molar refractivity (Wildman–Crippen MR) is 403 cm³/mol. The topological polar surface area (TPSA) is 309 Å². The molecule has 7 aromatic carbocycles. The molecule has 0 saturated heterocycles. The fourth-order valence-corrected chi connectivity index (χ4v) is 13.2. The Kier molecular flexibility index (Phi) is 25.6. The lowest BCUT2D eigenvalue weighted by Crippen LogP contribution is -2.44. The third kappa shape index (κ3) is 17.8. The maximum Gasteiger partial charge on any atom is 0.322 e. The summed E-state index contributed by atoms with van der Waals surface area (Å²) in [5, 5.41) is 33.3. The van der Waals surface area contributed by atoms with Gasteiger partial charge in [0, 0.05) is 207 Å². The number of carbonyl (C=O) groups is 6. The van der Waals surface area contributed by atoms with Crippen LogP contribution >= 0.6 is 0 Å². The summed E-state index contributed by atoms with van der Waals surface area (Å²) in [5.74, 6) is 0.685. The van der Waals surface area contributed by atoms with Crippen molar-refractivity contribution in [3.8, 4) is 0 Å². The molecule has 0 saturated carbocycles. The van der Waals surface area contributed by atoms with Crippen LogP contribution in [0.15, 0.2) is 127 Å². The van der Waals surface area contributed by atoms with Crippen LogP contribution in [0.1, 0.15) is 65.6 Å². The highest BCUT2D eigenvalue weighted by molar-refractivity contribution is 7.90. The maximum atomic E-state index is 11.7. The van der Waals surface area contributed by atoms with E-state index in [0.29, 0.717) is 64.2 Å². The molecule has 7 aliphatic heterocycles. The molecule has 0 unspecified atom stereocenters. The molecular weight excluding hydrogens is 1280 g/mol. The highest BCUT2D eigenvalue weighted by atomic mass is 32.2. The lowest BCUT2D eigenvalue weighted by atomic mass is 9.99. The first-order chi connectivity index (χ1) is 47.7. The van der Waals surface area contributed by atoms with Crippen molar-refractivity contribution in [2.45, 2.75) is 72.1 Å². The summed E-state index contributed by atoms with van der Waals surface area (Å²) < 4.78 is 27.2. The normalized spacial score (nSPS) is 15.3. The van der Waals surface area contributed by atoms with Gasteiger partial charge in [0.25, 0.3) is 10.2 Å². The zero-order valence-electron chi connectivity index (χ0n) is 58.5. The highest BCUT2D eigenvalue weighted by Gasteiger charge is 2.28. The van der Waals surface area contributed by atoms with Crippen LogP contribution in [0.25, 0.3) is 0 Å². The quantitative estimate of drug-likeness (QED) is 0.0639. The van der Waals surface area contributed by atoms with E-state index in [0.717, 1.165) is 121 Å². The number of nitrogens with zero attached hydrogens (tertiary/aromatic N) is 5. The number of nitrogens with one attached hydrogen (secondary N) is 13. The second-order valence-corrected chi connectivity index (χ2v) is 25.0. The van der Waals surface area contributed by atoms with Gasteiger partial charge in [0.2, 0.25) is 11.8 Å². The molecule has 7 aliphatic rings. The molecule has 8 amide bonds. The molecule has 0 spiro atoms. The first kappa shape index (κ1) is 73.9. The molecule has 0 atom stereocenters. The molecule has 0 fully saturated rings. The van der Waals surface area contributed by atoms with Crippen molar-refractivity contribution in [1.82, 2.24) is 20.3 Å². The van der Waals surface area contributed by atoms with Gasteiger partial charge in [-0.1, -0.05) is 36.4 Å². The van der Waals surface area contributed by atoms with E-state index in [9.17, 15) is 37.2 Å². The minimum Gasteiger partial charge on any atom is -0.388 e. The maximum absolute atomic E-state index is 11.7. The van der Waals surface area contributed by atoms with Gasteiger partial charge in [-0.2, -0.15) is 13.1 Å². The second kappa shape index (κ2) is 34.3. The number of Topliss-reactive ketones (excluding diaryl/α,β-unsaturated/α-hetero) is 1. The van der Waals surface area contributed by atoms with Crippen LogP contribution in [0, 0.1) is 0 Å². The van der Waals surface area contributed by atoms with Crippen LogP contribution in [0.4, 0.5) is 94.0 Å². The van der Waals surface area contributed by atoms with Gasteiger partial charge < -0.3 is 73.2 Å². The third-order valence-electron chi connectivity index (χ3n) is 17.7. The number of ketones is 1. The molecule has 0 aliphatic carbocycles. The zero-order valence-corrected chi connectivity index (χ0v) is 59.3. The predicted octanol–water partition coefficient (Wildman–Crippen LogP) is 10.3. The number of benzene rings is 7. The molecule has 14 rings (SSSR count). The van der Waals surface area contributed by atoms with Crippen molar-refractivity contribution in [2.24, 2.45) is 0 Å². The Morgan fingerprint density at radius 1 is 0.414 bits per heavy atom. The number of amides is 8. The van der Waals surface area contributed by atoms with E-state index in [1.165, 1.54) is 11.1 Å². The fourth-order valence-electron chi connectivity index (χ4n) is 12.3. The summed E-state index contributed by atoms with van der Waals surface area (Å²) in [6, 6.07) is 41.2. The van der Waals surface area contributed by atoms with Crippen LogP contribution in [0.2, 0.25) is 0 Å². The van der Waals surface area contributed by atoms with E-state index in [4.69, 9.17) is 0 Å². The summed E-state index contributed by atoms with van der Waals surface area (Å²) in [4.78, 5) is 77.2. The summed E-state index contributed by atoms with van der Waals surface area (Å²) in [6.07, 6.45) is 3.48. The van der Waals surface area contributed by atoms with Crippen molar-refractivity contribution < 1.29 is 37.2 Å². The average Bonchev–Trinajstić information content (AvgIpc) is 1.94.